The molecular formula is C15H13NO2. The van der Waals surface area contributed by atoms with Crippen LogP contribution in [0.2, 0.25) is 0 Å². The SMILES string of the molecule is Cc1ccc2c(c1)[nH]c1cc(C)c(C(=O)O)cc12. The number of H-pyrrole nitrogens is 1. The summed E-state index contributed by atoms with van der Waals surface area (Å²) in [7, 11) is 0. The molecule has 0 atom stereocenters. The van der Waals surface area contributed by atoms with Crippen molar-refractivity contribution in [3.05, 3.63) is 47.0 Å². The van der Waals surface area contributed by atoms with E-state index in [2.05, 4.69) is 11.1 Å². The third-order valence-electron chi connectivity index (χ3n) is 3.33. The van der Waals surface area contributed by atoms with Crippen LogP contribution in [0.4, 0.5) is 0 Å². The van der Waals surface area contributed by atoms with Crippen molar-refractivity contribution in [3.63, 3.8) is 0 Å². The van der Waals surface area contributed by atoms with Crippen LogP contribution in [-0.4, -0.2) is 16.1 Å². The molecule has 0 aliphatic carbocycles. The van der Waals surface area contributed by atoms with Gasteiger partial charge in [0.05, 0.1) is 5.56 Å². The van der Waals surface area contributed by atoms with Crippen molar-refractivity contribution in [1.82, 2.24) is 4.98 Å². The number of fused-ring (bicyclic) bond motifs is 3. The van der Waals surface area contributed by atoms with Gasteiger partial charge in [-0.05, 0) is 43.2 Å². The number of aromatic amines is 1. The number of hydrogen-bond acceptors (Lipinski definition) is 1. The highest BCUT2D eigenvalue weighted by atomic mass is 16.4. The van der Waals surface area contributed by atoms with Gasteiger partial charge in [0.2, 0.25) is 0 Å². The van der Waals surface area contributed by atoms with Crippen molar-refractivity contribution in [2.75, 3.05) is 0 Å². The molecule has 18 heavy (non-hydrogen) atoms. The zero-order chi connectivity index (χ0) is 12.9. The molecular weight excluding hydrogens is 226 g/mol. The zero-order valence-electron chi connectivity index (χ0n) is 10.2. The second-order valence-corrected chi connectivity index (χ2v) is 4.69. The molecule has 0 spiro atoms. The van der Waals surface area contributed by atoms with E-state index in [1.54, 1.807) is 6.07 Å². The van der Waals surface area contributed by atoms with Gasteiger partial charge < -0.3 is 10.1 Å². The first-order chi connectivity index (χ1) is 8.56. The predicted octanol–water partition coefficient (Wildman–Crippen LogP) is 3.64. The molecule has 3 rings (SSSR count). The largest absolute Gasteiger partial charge is 0.478 e. The summed E-state index contributed by atoms with van der Waals surface area (Å²) in [6.07, 6.45) is 0. The Labute approximate surface area is 104 Å². The summed E-state index contributed by atoms with van der Waals surface area (Å²) in [6, 6.07) is 9.79. The maximum absolute atomic E-state index is 11.2. The number of carboxylic acids is 1. The average molecular weight is 239 g/mol. The van der Waals surface area contributed by atoms with Gasteiger partial charge in [-0.1, -0.05) is 12.1 Å². The zero-order valence-corrected chi connectivity index (χ0v) is 10.2. The Hall–Kier alpha value is -2.29. The number of carboxylic acid groups (broad SMARTS) is 1. The Bertz CT molecular complexity index is 784. The van der Waals surface area contributed by atoms with Gasteiger partial charge >= 0.3 is 5.97 Å². The van der Waals surface area contributed by atoms with Gasteiger partial charge in [0, 0.05) is 21.8 Å². The fourth-order valence-electron chi connectivity index (χ4n) is 2.41. The first kappa shape index (κ1) is 10.8. The summed E-state index contributed by atoms with van der Waals surface area (Å²) in [4.78, 5) is 14.5. The van der Waals surface area contributed by atoms with Crippen LogP contribution in [0.1, 0.15) is 21.5 Å². The van der Waals surface area contributed by atoms with E-state index < -0.39 is 5.97 Å². The lowest BCUT2D eigenvalue weighted by atomic mass is 10.0. The lowest BCUT2D eigenvalue weighted by molar-refractivity contribution is 0.0696. The number of rotatable bonds is 1. The highest BCUT2D eigenvalue weighted by Crippen LogP contribution is 2.28. The summed E-state index contributed by atoms with van der Waals surface area (Å²) in [5, 5.41) is 11.2. The van der Waals surface area contributed by atoms with Gasteiger partial charge in [0.1, 0.15) is 0 Å². The molecule has 3 aromatic rings. The Balaban J connectivity index is 2.45. The summed E-state index contributed by atoms with van der Waals surface area (Å²) in [5.41, 5.74) is 4.36. The summed E-state index contributed by atoms with van der Waals surface area (Å²) in [6.45, 7) is 3.86. The van der Waals surface area contributed by atoms with Gasteiger partial charge in [-0.15, -0.1) is 0 Å². The van der Waals surface area contributed by atoms with E-state index in [-0.39, 0.29) is 0 Å². The molecule has 0 fully saturated rings. The average Bonchev–Trinajstić information content (AvgIpc) is 2.63. The third-order valence-corrected chi connectivity index (χ3v) is 3.33. The van der Waals surface area contributed by atoms with E-state index >= 15 is 0 Å². The minimum absolute atomic E-state index is 0.365. The Kier molecular flexibility index (Phi) is 2.17. The monoisotopic (exact) mass is 239 g/mol. The first-order valence-electron chi connectivity index (χ1n) is 5.82. The van der Waals surface area contributed by atoms with Gasteiger partial charge in [0.25, 0.3) is 0 Å². The summed E-state index contributed by atoms with van der Waals surface area (Å²) in [5.74, 6) is -0.879. The maximum Gasteiger partial charge on any atom is 0.335 e. The molecule has 2 N–H and O–H groups in total. The van der Waals surface area contributed by atoms with Crippen LogP contribution in [0.15, 0.2) is 30.3 Å². The second kappa shape index (κ2) is 3.60. The Morgan fingerprint density at radius 2 is 1.78 bits per heavy atom. The standard InChI is InChI=1S/C15H13NO2/c1-8-3-4-10-12-7-11(15(17)18)9(2)6-14(12)16-13(10)5-8/h3-7,16H,1-2H3,(H,17,18). The van der Waals surface area contributed by atoms with Gasteiger partial charge in [-0.2, -0.15) is 0 Å². The lowest BCUT2D eigenvalue weighted by Crippen LogP contribution is -1.98. The topological polar surface area (TPSA) is 53.1 Å². The molecule has 1 aromatic heterocycles. The van der Waals surface area contributed by atoms with Crippen LogP contribution in [0, 0.1) is 13.8 Å². The molecule has 1 heterocycles. The molecule has 0 radical (unpaired) electrons. The molecule has 3 nitrogen and oxygen atoms in total. The normalized spacial score (nSPS) is 11.2. The van der Waals surface area contributed by atoms with Crippen molar-refractivity contribution in [2.24, 2.45) is 0 Å². The van der Waals surface area contributed by atoms with Crippen LogP contribution >= 0.6 is 0 Å². The number of aromatic nitrogens is 1. The molecule has 0 aliphatic rings. The van der Waals surface area contributed by atoms with Crippen molar-refractivity contribution in [2.45, 2.75) is 13.8 Å². The number of nitrogens with one attached hydrogen (secondary N) is 1. The van der Waals surface area contributed by atoms with Crippen LogP contribution < -0.4 is 0 Å². The smallest absolute Gasteiger partial charge is 0.335 e. The molecule has 0 saturated heterocycles. The van der Waals surface area contributed by atoms with Crippen molar-refractivity contribution in [1.29, 1.82) is 0 Å². The summed E-state index contributed by atoms with van der Waals surface area (Å²) < 4.78 is 0. The number of aryl methyl sites for hydroxylation is 2. The van der Waals surface area contributed by atoms with E-state index in [0.717, 1.165) is 27.4 Å². The quantitative estimate of drug-likeness (QED) is 0.681. The number of aromatic carboxylic acids is 1. The number of hydrogen-bond donors (Lipinski definition) is 2. The minimum atomic E-state index is -0.879. The third kappa shape index (κ3) is 1.48. The maximum atomic E-state index is 11.2. The number of benzene rings is 2. The van der Waals surface area contributed by atoms with E-state index in [1.165, 1.54) is 5.56 Å². The molecule has 0 unspecified atom stereocenters. The van der Waals surface area contributed by atoms with Gasteiger partial charge in [-0.25, -0.2) is 4.79 Å². The second-order valence-electron chi connectivity index (χ2n) is 4.69. The fraction of sp³-hybridized carbons (Fsp3) is 0.133. The van der Waals surface area contributed by atoms with Crippen LogP contribution in [0.25, 0.3) is 21.8 Å². The molecule has 0 saturated carbocycles. The summed E-state index contributed by atoms with van der Waals surface area (Å²) >= 11 is 0. The van der Waals surface area contributed by atoms with E-state index in [0.29, 0.717) is 5.56 Å². The van der Waals surface area contributed by atoms with Gasteiger partial charge in [-0.3, -0.25) is 0 Å². The van der Waals surface area contributed by atoms with Crippen molar-refractivity contribution < 1.29 is 9.90 Å². The minimum Gasteiger partial charge on any atom is -0.478 e. The van der Waals surface area contributed by atoms with Crippen LogP contribution in [0.3, 0.4) is 0 Å². The first-order valence-corrected chi connectivity index (χ1v) is 5.82. The highest BCUT2D eigenvalue weighted by molar-refractivity contribution is 6.09. The molecule has 2 aromatic carbocycles. The lowest BCUT2D eigenvalue weighted by Gasteiger charge is -2.00. The van der Waals surface area contributed by atoms with Crippen LogP contribution in [-0.2, 0) is 0 Å². The fourth-order valence-corrected chi connectivity index (χ4v) is 2.41. The van der Waals surface area contributed by atoms with E-state index in [9.17, 15) is 4.79 Å². The molecule has 3 heteroatoms. The van der Waals surface area contributed by atoms with Crippen LogP contribution in [0.5, 0.6) is 0 Å². The number of carbonyl (C=O) groups is 1. The highest BCUT2D eigenvalue weighted by Gasteiger charge is 2.11. The molecule has 90 valence electrons. The Morgan fingerprint density at radius 1 is 1.06 bits per heavy atom. The van der Waals surface area contributed by atoms with E-state index in [4.69, 9.17) is 5.11 Å². The van der Waals surface area contributed by atoms with Crippen molar-refractivity contribution in [3.8, 4) is 0 Å². The van der Waals surface area contributed by atoms with Gasteiger partial charge in [0.15, 0.2) is 0 Å². The Morgan fingerprint density at radius 3 is 2.50 bits per heavy atom. The van der Waals surface area contributed by atoms with Crippen molar-refractivity contribution >= 4 is 27.8 Å². The predicted molar refractivity (Wildman–Crippen MR) is 72.2 cm³/mol. The molecule has 0 aliphatic heterocycles. The molecule has 0 bridgehead atoms. The molecule has 0 amide bonds. The van der Waals surface area contributed by atoms with E-state index in [1.807, 2.05) is 32.0 Å².